The van der Waals surface area contributed by atoms with Crippen LogP contribution in [-0.4, -0.2) is 79.6 Å². The Morgan fingerprint density at radius 3 is 2.28 bits per heavy atom. The maximum atomic E-state index is 13.1. The molecule has 7 nitrogen and oxygen atoms in total. The van der Waals surface area contributed by atoms with Gasteiger partial charge in [-0.15, -0.1) is 24.0 Å². The van der Waals surface area contributed by atoms with E-state index in [1.807, 2.05) is 24.4 Å². The first kappa shape index (κ1) is 24.5. The van der Waals surface area contributed by atoms with E-state index in [0.717, 1.165) is 76.0 Å². The van der Waals surface area contributed by atoms with Gasteiger partial charge in [-0.05, 0) is 48.5 Å². The Hall–Kier alpha value is -2.14. The Morgan fingerprint density at radius 1 is 0.969 bits per heavy atom. The van der Waals surface area contributed by atoms with Gasteiger partial charge in [0.2, 0.25) is 0 Å². The van der Waals surface area contributed by atoms with Crippen LogP contribution in [-0.2, 0) is 6.54 Å². The molecule has 0 saturated carbocycles. The normalized spacial score (nSPS) is 17.9. The zero-order valence-electron chi connectivity index (χ0n) is 18.7. The smallest absolute Gasteiger partial charge is 0.191 e. The van der Waals surface area contributed by atoms with Crippen LogP contribution >= 0.6 is 24.0 Å². The van der Waals surface area contributed by atoms with E-state index in [-0.39, 0.29) is 29.8 Å². The molecule has 0 atom stereocenters. The van der Waals surface area contributed by atoms with Crippen molar-refractivity contribution in [3.05, 3.63) is 54.0 Å². The fourth-order valence-corrected chi connectivity index (χ4v) is 4.14. The summed E-state index contributed by atoms with van der Waals surface area (Å²) in [5, 5.41) is 0. The van der Waals surface area contributed by atoms with Gasteiger partial charge in [-0.25, -0.2) is 14.4 Å². The SMILES string of the molecule is CCN1CCN(c2cc(CN=C(N)N3CCN(c4ccc(F)cc4)CC3)ccn2)CC1.I. The quantitative estimate of drug-likeness (QED) is 0.349. The van der Waals surface area contributed by atoms with Gasteiger partial charge in [0, 0.05) is 64.2 Å². The highest BCUT2D eigenvalue weighted by Crippen LogP contribution is 2.18. The van der Waals surface area contributed by atoms with Gasteiger partial charge >= 0.3 is 0 Å². The monoisotopic (exact) mass is 553 g/mol. The van der Waals surface area contributed by atoms with Crippen LogP contribution in [0.5, 0.6) is 0 Å². The number of benzene rings is 1. The van der Waals surface area contributed by atoms with Gasteiger partial charge in [0.25, 0.3) is 0 Å². The summed E-state index contributed by atoms with van der Waals surface area (Å²) in [6.45, 7) is 11.3. The van der Waals surface area contributed by atoms with Crippen molar-refractivity contribution in [1.29, 1.82) is 0 Å². The van der Waals surface area contributed by atoms with Crippen molar-refractivity contribution in [3.8, 4) is 0 Å². The van der Waals surface area contributed by atoms with Gasteiger partial charge in [-0.3, -0.25) is 0 Å². The van der Waals surface area contributed by atoms with Gasteiger partial charge in [0.05, 0.1) is 6.54 Å². The molecule has 1 aromatic carbocycles. The van der Waals surface area contributed by atoms with Crippen LogP contribution in [0.2, 0.25) is 0 Å². The number of likely N-dealkylation sites (N-methyl/N-ethyl adjacent to an activating group) is 1. The number of hydrogen-bond donors (Lipinski definition) is 1. The third kappa shape index (κ3) is 6.22. The first-order valence-electron chi connectivity index (χ1n) is 11.1. The van der Waals surface area contributed by atoms with E-state index < -0.39 is 0 Å². The molecule has 0 radical (unpaired) electrons. The predicted molar refractivity (Wildman–Crippen MR) is 139 cm³/mol. The van der Waals surface area contributed by atoms with Crippen molar-refractivity contribution < 1.29 is 4.39 Å². The zero-order valence-corrected chi connectivity index (χ0v) is 21.0. The van der Waals surface area contributed by atoms with Gasteiger partial charge in [0.1, 0.15) is 11.6 Å². The maximum absolute atomic E-state index is 13.1. The number of halogens is 2. The van der Waals surface area contributed by atoms with E-state index in [1.54, 1.807) is 0 Å². The largest absolute Gasteiger partial charge is 0.370 e. The van der Waals surface area contributed by atoms with Gasteiger partial charge in [-0.1, -0.05) is 6.92 Å². The molecule has 2 fully saturated rings. The Kier molecular flexibility index (Phi) is 8.92. The standard InChI is InChI=1S/C23H32FN7.HI/c1-2-28-9-11-30(12-10-28)22-17-19(7-8-26-22)18-27-23(25)31-15-13-29(14-16-31)21-5-3-20(24)4-6-21;/h3-8,17H,2,9-16,18H2,1H3,(H2,25,27);1H. The number of rotatable bonds is 5. The van der Waals surface area contributed by atoms with Crippen molar-refractivity contribution in [1.82, 2.24) is 14.8 Å². The Balaban J connectivity index is 0.00000289. The molecule has 2 aliphatic rings. The van der Waals surface area contributed by atoms with Crippen LogP contribution in [0, 0.1) is 5.82 Å². The van der Waals surface area contributed by atoms with Crippen molar-refractivity contribution in [2.24, 2.45) is 10.7 Å². The van der Waals surface area contributed by atoms with E-state index in [4.69, 9.17) is 5.73 Å². The van der Waals surface area contributed by atoms with Crippen molar-refractivity contribution in [2.75, 3.05) is 68.7 Å². The minimum atomic E-state index is -0.207. The number of nitrogens with zero attached hydrogens (tertiary/aromatic N) is 6. The van der Waals surface area contributed by atoms with Crippen molar-refractivity contribution in [3.63, 3.8) is 0 Å². The first-order chi connectivity index (χ1) is 15.1. The van der Waals surface area contributed by atoms with Crippen LogP contribution in [0.4, 0.5) is 15.9 Å². The van der Waals surface area contributed by atoms with E-state index in [0.29, 0.717) is 12.5 Å². The molecule has 1 aromatic heterocycles. The molecule has 32 heavy (non-hydrogen) atoms. The molecular weight excluding hydrogens is 520 g/mol. The van der Waals surface area contributed by atoms with Crippen LogP contribution in [0.1, 0.15) is 12.5 Å². The predicted octanol–water partition coefficient (Wildman–Crippen LogP) is 2.62. The summed E-state index contributed by atoms with van der Waals surface area (Å²) >= 11 is 0. The average Bonchev–Trinajstić information content (AvgIpc) is 2.83. The first-order valence-corrected chi connectivity index (χ1v) is 11.1. The highest BCUT2D eigenvalue weighted by Gasteiger charge is 2.19. The third-order valence-corrected chi connectivity index (χ3v) is 6.17. The highest BCUT2D eigenvalue weighted by atomic mass is 127. The van der Waals surface area contributed by atoms with E-state index in [9.17, 15) is 4.39 Å². The average molecular weight is 553 g/mol. The third-order valence-electron chi connectivity index (χ3n) is 6.17. The number of anilines is 2. The van der Waals surface area contributed by atoms with Gasteiger partial charge in [-0.2, -0.15) is 0 Å². The molecule has 0 spiro atoms. The number of hydrogen-bond acceptors (Lipinski definition) is 5. The second kappa shape index (κ2) is 11.6. The summed E-state index contributed by atoms with van der Waals surface area (Å²) in [6, 6.07) is 10.8. The number of pyridine rings is 1. The second-order valence-corrected chi connectivity index (χ2v) is 8.07. The lowest BCUT2D eigenvalue weighted by Crippen LogP contribution is -2.51. The Morgan fingerprint density at radius 2 is 1.62 bits per heavy atom. The lowest BCUT2D eigenvalue weighted by Gasteiger charge is -2.36. The molecule has 9 heteroatoms. The number of nitrogens with two attached hydrogens (primary N) is 1. The lowest BCUT2D eigenvalue weighted by molar-refractivity contribution is 0.270. The van der Waals surface area contributed by atoms with E-state index in [1.165, 1.54) is 12.1 Å². The van der Waals surface area contributed by atoms with Crippen LogP contribution in [0.3, 0.4) is 0 Å². The molecule has 0 amide bonds. The Bertz CT molecular complexity index is 876. The summed E-state index contributed by atoms with van der Waals surface area (Å²) in [5.41, 5.74) is 8.45. The van der Waals surface area contributed by atoms with Crippen molar-refractivity contribution >= 4 is 41.4 Å². The Labute approximate surface area is 207 Å². The van der Waals surface area contributed by atoms with E-state index in [2.05, 4.69) is 42.6 Å². The minimum Gasteiger partial charge on any atom is -0.370 e. The minimum absolute atomic E-state index is 0. The molecule has 2 N–H and O–H groups in total. The molecule has 0 aliphatic carbocycles. The molecule has 0 unspecified atom stereocenters. The van der Waals surface area contributed by atoms with Gasteiger partial charge in [0.15, 0.2) is 5.96 Å². The summed E-state index contributed by atoms with van der Waals surface area (Å²) in [6.07, 6.45) is 1.87. The molecule has 2 aliphatic heterocycles. The van der Waals surface area contributed by atoms with Crippen LogP contribution < -0.4 is 15.5 Å². The fraction of sp³-hybridized carbons (Fsp3) is 0.478. The van der Waals surface area contributed by atoms with Crippen LogP contribution in [0.25, 0.3) is 0 Å². The van der Waals surface area contributed by atoms with Crippen LogP contribution in [0.15, 0.2) is 47.6 Å². The van der Waals surface area contributed by atoms with Crippen molar-refractivity contribution in [2.45, 2.75) is 13.5 Å². The maximum Gasteiger partial charge on any atom is 0.191 e. The summed E-state index contributed by atoms with van der Waals surface area (Å²) < 4.78 is 13.1. The molecule has 174 valence electrons. The highest BCUT2D eigenvalue weighted by molar-refractivity contribution is 14.0. The second-order valence-electron chi connectivity index (χ2n) is 8.07. The molecule has 2 aromatic rings. The van der Waals surface area contributed by atoms with Gasteiger partial charge < -0.3 is 25.3 Å². The topological polar surface area (TPSA) is 64.2 Å². The number of aromatic nitrogens is 1. The lowest BCUT2D eigenvalue weighted by atomic mass is 10.2. The molecule has 2 saturated heterocycles. The summed E-state index contributed by atoms with van der Waals surface area (Å²) in [5.74, 6) is 1.39. The summed E-state index contributed by atoms with van der Waals surface area (Å²) in [7, 11) is 0. The molecular formula is C23H33FIN7. The fourth-order valence-electron chi connectivity index (χ4n) is 4.14. The number of aliphatic imine (C=N–C) groups is 1. The zero-order chi connectivity index (χ0) is 21.6. The molecule has 4 rings (SSSR count). The molecule has 0 bridgehead atoms. The molecule has 3 heterocycles. The number of piperazine rings is 2. The van der Waals surface area contributed by atoms with E-state index >= 15 is 0 Å². The number of guanidine groups is 1. The summed E-state index contributed by atoms with van der Waals surface area (Å²) in [4.78, 5) is 18.4.